The highest BCUT2D eigenvalue weighted by Gasteiger charge is 2.34. The number of hydrogen-bond acceptors (Lipinski definition) is 1. The first-order valence-electron chi connectivity index (χ1n) is 6.18. The molecule has 0 fully saturated rings. The van der Waals surface area contributed by atoms with Gasteiger partial charge in [-0.3, -0.25) is 0 Å². The first kappa shape index (κ1) is 14.2. The lowest BCUT2D eigenvalue weighted by molar-refractivity contribution is 0.0717. The molecule has 0 radical (unpaired) electrons. The Kier molecular flexibility index (Phi) is 4.34. The highest BCUT2D eigenvalue weighted by Crippen LogP contribution is 2.31. The summed E-state index contributed by atoms with van der Waals surface area (Å²) in [4.78, 5) is 0. The maximum absolute atomic E-state index is 10.0. The monoisotopic (exact) mass is 248 g/mol. The van der Waals surface area contributed by atoms with E-state index >= 15 is 0 Å². The van der Waals surface area contributed by atoms with E-state index in [9.17, 15) is 5.11 Å². The number of aliphatic hydroxyl groups is 1. The zero-order valence-corrected chi connectivity index (χ0v) is 12.4. The van der Waals surface area contributed by atoms with Crippen LogP contribution in [0.5, 0.6) is 0 Å². The van der Waals surface area contributed by atoms with Crippen LogP contribution in [0.25, 0.3) is 0 Å². The average Bonchev–Trinajstić information content (AvgIpc) is 2.25. The van der Waals surface area contributed by atoms with Gasteiger partial charge in [0.15, 0.2) is 0 Å². The second kappa shape index (κ2) is 5.19. The van der Waals surface area contributed by atoms with Crippen LogP contribution < -0.4 is 5.19 Å². The topological polar surface area (TPSA) is 20.2 Å². The van der Waals surface area contributed by atoms with Crippen molar-refractivity contribution in [2.24, 2.45) is 0 Å². The summed E-state index contributed by atoms with van der Waals surface area (Å²) in [6.07, 6.45) is 2.81. The molecule has 1 atom stereocenters. The number of benzene rings is 1. The van der Waals surface area contributed by atoms with Crippen LogP contribution in [-0.4, -0.2) is 18.8 Å². The first-order chi connectivity index (χ1) is 7.77. The van der Waals surface area contributed by atoms with Gasteiger partial charge in [-0.25, -0.2) is 0 Å². The predicted octanol–water partition coefficient (Wildman–Crippen LogP) is 3.32. The Balaban J connectivity index is 2.98. The van der Waals surface area contributed by atoms with Gasteiger partial charge < -0.3 is 5.11 Å². The quantitative estimate of drug-likeness (QED) is 0.626. The Labute approximate surface area is 106 Å². The molecule has 1 N–H and O–H groups in total. The van der Waals surface area contributed by atoms with Crippen molar-refractivity contribution in [1.82, 2.24) is 0 Å². The standard InChI is InChI=1S/C15H24OSi/c1-6-13(12-15(2,3)16)17(4,5)14-10-8-7-9-11-14/h6-11,13,16H,1,12H2,2-5H3/t13-/m0/s1. The third-order valence-corrected chi connectivity index (χ3v) is 7.56. The van der Waals surface area contributed by atoms with E-state index in [0.717, 1.165) is 6.42 Å². The summed E-state index contributed by atoms with van der Waals surface area (Å²) in [6.45, 7) is 12.4. The highest BCUT2D eigenvalue weighted by atomic mass is 28.3. The van der Waals surface area contributed by atoms with Gasteiger partial charge in [-0.2, -0.15) is 0 Å². The van der Waals surface area contributed by atoms with Crippen LogP contribution in [0.2, 0.25) is 18.6 Å². The highest BCUT2D eigenvalue weighted by molar-refractivity contribution is 6.91. The molecule has 0 aliphatic rings. The predicted molar refractivity (Wildman–Crippen MR) is 78.4 cm³/mol. The largest absolute Gasteiger partial charge is 0.390 e. The van der Waals surface area contributed by atoms with Gasteiger partial charge in [0, 0.05) is 0 Å². The fourth-order valence-corrected chi connectivity index (χ4v) is 5.33. The van der Waals surface area contributed by atoms with Crippen molar-refractivity contribution < 1.29 is 5.11 Å². The fraction of sp³-hybridized carbons (Fsp3) is 0.467. The second-order valence-corrected chi connectivity index (χ2v) is 10.7. The smallest absolute Gasteiger partial charge is 0.0874 e. The zero-order valence-electron chi connectivity index (χ0n) is 11.4. The van der Waals surface area contributed by atoms with E-state index in [-0.39, 0.29) is 0 Å². The molecule has 1 nitrogen and oxygen atoms in total. The molecular formula is C15H24OSi. The SMILES string of the molecule is C=C[C@@H](CC(C)(C)O)[Si](C)(C)c1ccccc1. The summed E-state index contributed by atoms with van der Waals surface area (Å²) in [5, 5.41) is 11.4. The molecule has 0 saturated carbocycles. The van der Waals surface area contributed by atoms with Crippen LogP contribution in [0.3, 0.4) is 0 Å². The van der Waals surface area contributed by atoms with E-state index in [1.165, 1.54) is 5.19 Å². The summed E-state index contributed by atoms with van der Waals surface area (Å²) in [7, 11) is -1.60. The maximum atomic E-state index is 10.0. The molecule has 0 bridgehead atoms. The van der Waals surface area contributed by atoms with Crippen molar-refractivity contribution in [3.63, 3.8) is 0 Å². The van der Waals surface area contributed by atoms with E-state index in [0.29, 0.717) is 5.54 Å². The molecule has 1 aromatic carbocycles. The van der Waals surface area contributed by atoms with Crippen LogP contribution in [0, 0.1) is 0 Å². The zero-order chi connectivity index (χ0) is 13.1. The summed E-state index contributed by atoms with van der Waals surface area (Å²) < 4.78 is 0. The number of rotatable bonds is 5. The van der Waals surface area contributed by atoms with Crippen LogP contribution in [0.15, 0.2) is 43.0 Å². The fourth-order valence-electron chi connectivity index (χ4n) is 2.25. The molecule has 0 spiro atoms. The molecule has 0 amide bonds. The third kappa shape index (κ3) is 3.82. The maximum Gasteiger partial charge on any atom is 0.0874 e. The van der Waals surface area contributed by atoms with Gasteiger partial charge in [-0.1, -0.05) is 54.7 Å². The Hall–Kier alpha value is -0.863. The molecule has 2 heteroatoms. The lowest BCUT2D eigenvalue weighted by Gasteiger charge is -2.34. The lowest BCUT2D eigenvalue weighted by Crippen LogP contribution is -2.47. The molecule has 0 aromatic heterocycles. The van der Waals surface area contributed by atoms with Crippen molar-refractivity contribution in [3.8, 4) is 0 Å². The van der Waals surface area contributed by atoms with E-state index in [2.05, 4.69) is 43.9 Å². The van der Waals surface area contributed by atoms with Gasteiger partial charge in [-0.15, -0.1) is 6.58 Å². The number of hydrogen-bond donors (Lipinski definition) is 1. The van der Waals surface area contributed by atoms with E-state index in [1.807, 2.05) is 26.0 Å². The van der Waals surface area contributed by atoms with Crippen LogP contribution >= 0.6 is 0 Å². The Morgan fingerprint density at radius 2 is 1.82 bits per heavy atom. The lowest BCUT2D eigenvalue weighted by atomic mass is 10.0. The molecule has 0 saturated heterocycles. The normalized spacial score (nSPS) is 14.4. The molecule has 94 valence electrons. The first-order valence-corrected chi connectivity index (χ1v) is 9.25. The van der Waals surface area contributed by atoms with Crippen LogP contribution in [0.4, 0.5) is 0 Å². The molecule has 1 aromatic rings. The van der Waals surface area contributed by atoms with Crippen molar-refractivity contribution in [2.75, 3.05) is 0 Å². The van der Waals surface area contributed by atoms with Crippen molar-refractivity contribution in [1.29, 1.82) is 0 Å². The minimum Gasteiger partial charge on any atom is -0.390 e. The summed E-state index contributed by atoms with van der Waals surface area (Å²) >= 11 is 0. The molecule has 1 rings (SSSR count). The van der Waals surface area contributed by atoms with E-state index < -0.39 is 13.7 Å². The van der Waals surface area contributed by atoms with Crippen LogP contribution in [-0.2, 0) is 0 Å². The van der Waals surface area contributed by atoms with Crippen molar-refractivity contribution in [2.45, 2.75) is 44.5 Å². The van der Waals surface area contributed by atoms with Crippen molar-refractivity contribution in [3.05, 3.63) is 43.0 Å². The third-order valence-electron chi connectivity index (χ3n) is 3.45. The minimum absolute atomic E-state index is 0.393. The summed E-state index contributed by atoms with van der Waals surface area (Å²) in [6, 6.07) is 10.6. The van der Waals surface area contributed by atoms with Gasteiger partial charge in [0.25, 0.3) is 0 Å². The van der Waals surface area contributed by atoms with E-state index in [4.69, 9.17) is 0 Å². The van der Waals surface area contributed by atoms with E-state index in [1.54, 1.807) is 0 Å². The molecule has 0 aliphatic heterocycles. The second-order valence-electron chi connectivity index (χ2n) is 5.95. The molecular weight excluding hydrogens is 224 g/mol. The minimum atomic E-state index is -1.60. The molecule has 0 aliphatic carbocycles. The van der Waals surface area contributed by atoms with Gasteiger partial charge in [0.1, 0.15) is 0 Å². The molecule has 17 heavy (non-hydrogen) atoms. The van der Waals surface area contributed by atoms with Gasteiger partial charge >= 0.3 is 0 Å². The van der Waals surface area contributed by atoms with Gasteiger partial charge in [0.2, 0.25) is 0 Å². The molecule has 0 heterocycles. The van der Waals surface area contributed by atoms with Crippen LogP contribution in [0.1, 0.15) is 20.3 Å². The Morgan fingerprint density at radius 1 is 1.29 bits per heavy atom. The van der Waals surface area contributed by atoms with Crippen molar-refractivity contribution >= 4 is 13.3 Å². The Morgan fingerprint density at radius 3 is 2.24 bits per heavy atom. The van der Waals surface area contributed by atoms with Gasteiger partial charge in [0.05, 0.1) is 13.7 Å². The molecule has 0 unspecified atom stereocenters. The Bertz CT molecular complexity index is 362. The summed E-state index contributed by atoms with van der Waals surface area (Å²) in [5.41, 5.74) is -0.234. The summed E-state index contributed by atoms with van der Waals surface area (Å²) in [5.74, 6) is 0. The number of allylic oxidation sites excluding steroid dienone is 1. The average molecular weight is 248 g/mol. The van der Waals surface area contributed by atoms with Gasteiger partial charge in [-0.05, 0) is 25.8 Å².